The van der Waals surface area contributed by atoms with Gasteiger partial charge in [0.2, 0.25) is 0 Å². The number of rotatable bonds is 16. The first-order valence-electron chi connectivity index (χ1n) is 10.7. The van der Waals surface area contributed by atoms with Crippen LogP contribution in [0.2, 0.25) is 0 Å². The molecule has 241 valence electrons. The smallest absolute Gasteiger partial charge is 0.544 e. The second-order valence-electron chi connectivity index (χ2n) is 9.19. The third-order valence-electron chi connectivity index (χ3n) is 6.66. The van der Waals surface area contributed by atoms with E-state index in [1.54, 1.807) is 0 Å². The molecule has 0 amide bonds. The minimum atomic E-state index is -1.71. The third-order valence-corrected chi connectivity index (χ3v) is 6.66. The van der Waals surface area contributed by atoms with Crippen LogP contribution in [-0.4, -0.2) is 127 Å². The Kier molecular flexibility index (Phi) is 17.7. The maximum Gasteiger partial charge on any atom is 3.00 e. The summed E-state index contributed by atoms with van der Waals surface area (Å²) in [5.41, 5.74) is -3.42. The van der Waals surface area contributed by atoms with Crippen molar-refractivity contribution in [3.8, 4) is 0 Å². The Labute approximate surface area is 247 Å². The SMILES string of the molecule is N.N.O=C([O-])C[N+](CC(=O)[O-])(CC(=O)O)C1(C(=O)O)CC1.O=C([O-])C[N+](CC(=O)[O-])(CC(=O)O)C1(C(=O)O)CC1.[Fe+3].[NH4+]. The van der Waals surface area contributed by atoms with Crippen molar-refractivity contribution in [3.05, 3.63) is 0 Å². The Bertz CT molecular complexity index is 895. The number of carbonyl (C=O) groups excluding carboxylic acids is 4. The van der Waals surface area contributed by atoms with Crippen molar-refractivity contribution in [2.24, 2.45) is 0 Å². The van der Waals surface area contributed by atoms with Crippen LogP contribution in [0.25, 0.3) is 0 Å². The van der Waals surface area contributed by atoms with Gasteiger partial charge in [-0.2, -0.15) is 0 Å². The van der Waals surface area contributed by atoms with Crippen molar-refractivity contribution in [2.45, 2.75) is 36.8 Å². The van der Waals surface area contributed by atoms with Crippen LogP contribution in [0.3, 0.4) is 0 Å². The average molecular weight is 656 g/mol. The molecule has 0 bridgehead atoms. The first-order chi connectivity index (χ1) is 17.3. The van der Waals surface area contributed by atoms with Crippen molar-refractivity contribution in [1.29, 1.82) is 0 Å². The molecule has 0 unspecified atom stereocenters. The summed E-state index contributed by atoms with van der Waals surface area (Å²) in [6.07, 6.45) is 0.0404. The Balaban J connectivity index is -0.000000314. The van der Waals surface area contributed by atoms with E-state index in [-0.39, 0.29) is 61.2 Å². The summed E-state index contributed by atoms with van der Waals surface area (Å²) in [5.74, 6) is -12.7. The molecule has 0 aromatic heterocycles. The number of hydrogen-bond acceptors (Lipinski definition) is 14. The van der Waals surface area contributed by atoms with Gasteiger partial charge in [-0.15, -0.1) is 0 Å². The molecule has 0 spiro atoms. The van der Waals surface area contributed by atoms with Crippen LogP contribution in [0.15, 0.2) is 0 Å². The fourth-order valence-electron chi connectivity index (χ4n) is 4.77. The Morgan fingerprint density at radius 1 is 0.500 bits per heavy atom. The van der Waals surface area contributed by atoms with Gasteiger partial charge in [-0.3, -0.25) is 8.97 Å². The van der Waals surface area contributed by atoms with Gasteiger partial charge in [-0.05, 0) is 0 Å². The number of carboxylic acid groups (broad SMARTS) is 8. The molecule has 42 heavy (non-hydrogen) atoms. The number of carbonyl (C=O) groups is 8. The molecule has 0 saturated heterocycles. The number of quaternary nitrogens is 3. The van der Waals surface area contributed by atoms with Gasteiger partial charge in [0.1, 0.15) is 26.2 Å². The van der Waals surface area contributed by atoms with Gasteiger partial charge < -0.3 is 78.5 Å². The fraction of sp³-hybridized carbons (Fsp3) is 0.600. The van der Waals surface area contributed by atoms with Gasteiger partial charge in [0.05, 0.1) is 23.9 Å². The average Bonchev–Trinajstić information content (AvgIpc) is 3.57. The van der Waals surface area contributed by atoms with Crippen LogP contribution >= 0.6 is 0 Å². The zero-order valence-corrected chi connectivity index (χ0v) is 23.5. The summed E-state index contributed by atoms with van der Waals surface area (Å²) in [5, 5.41) is 78.9. The third kappa shape index (κ3) is 10.2. The summed E-state index contributed by atoms with van der Waals surface area (Å²) < 4.78 is -2.27. The minimum absolute atomic E-state index is 0. The fourth-order valence-corrected chi connectivity index (χ4v) is 4.77. The van der Waals surface area contributed by atoms with Crippen molar-refractivity contribution < 1.29 is 105 Å². The van der Waals surface area contributed by atoms with Crippen LogP contribution in [0.5, 0.6) is 0 Å². The minimum Gasteiger partial charge on any atom is -0.544 e. The molecule has 22 heteroatoms. The second kappa shape index (κ2) is 16.5. The molecule has 2 saturated carbocycles. The van der Waals surface area contributed by atoms with E-state index in [1.807, 2.05) is 0 Å². The monoisotopic (exact) mass is 656 g/mol. The molecule has 0 aliphatic heterocycles. The van der Waals surface area contributed by atoms with E-state index in [1.165, 1.54) is 0 Å². The molecular weight excluding hydrogens is 622 g/mol. The number of carboxylic acids is 8. The summed E-state index contributed by atoms with van der Waals surface area (Å²) in [6.45, 7) is -5.90. The van der Waals surface area contributed by atoms with Crippen molar-refractivity contribution in [2.75, 3.05) is 39.3 Å². The zero-order chi connectivity index (χ0) is 29.7. The van der Waals surface area contributed by atoms with E-state index in [9.17, 15) is 58.8 Å². The van der Waals surface area contributed by atoms with Crippen LogP contribution in [-0.2, 0) is 55.4 Å². The molecule has 2 rings (SSSR count). The molecule has 21 nitrogen and oxygen atoms in total. The number of aliphatic carboxylic acids is 8. The second-order valence-corrected chi connectivity index (χ2v) is 9.19. The summed E-state index contributed by atoms with van der Waals surface area (Å²) in [7, 11) is 0. The molecule has 0 aromatic rings. The maximum absolute atomic E-state index is 11.2. The first kappa shape index (κ1) is 45.1. The van der Waals surface area contributed by atoms with E-state index in [0.29, 0.717) is 0 Å². The van der Waals surface area contributed by atoms with Crippen molar-refractivity contribution >= 4 is 47.8 Å². The van der Waals surface area contributed by atoms with Gasteiger partial charge >= 0.3 is 40.9 Å². The van der Waals surface area contributed by atoms with E-state index < -0.39 is 107 Å². The van der Waals surface area contributed by atoms with Crippen LogP contribution in [0.1, 0.15) is 25.7 Å². The van der Waals surface area contributed by atoms with E-state index >= 15 is 0 Å². The predicted octanol–water partition coefficient (Wildman–Crippen LogP) is -7.29. The predicted molar refractivity (Wildman–Crippen MR) is 120 cm³/mol. The molecule has 1 radical (unpaired) electrons. The largest absolute Gasteiger partial charge is 3.00 e. The summed E-state index contributed by atoms with van der Waals surface area (Å²) >= 11 is 0. The Hall–Kier alpha value is -3.92. The van der Waals surface area contributed by atoms with Crippen LogP contribution < -0.4 is 38.9 Å². The number of nitrogens with zero attached hydrogens (tertiary/aromatic N) is 2. The van der Waals surface area contributed by atoms with Gasteiger partial charge in [-0.25, -0.2) is 19.2 Å². The molecule has 2 fully saturated rings. The van der Waals surface area contributed by atoms with Gasteiger partial charge in [-0.1, -0.05) is 0 Å². The standard InChI is InChI=1S/2C10H13NO8.Fe.3H3N/c2*12-6(13)3-11(4-7(14)15,5-8(16)17)10(1-2-10)9(18)19;;;;/h2*1-5H2,(H3-,12,13,14,15,16,17,18,19);;3*1H3/q;;+3;;;/p-1. The molecular formula is C20H34FeN5O16+2. The molecule has 14 N–H and O–H groups in total. The molecule has 0 heterocycles. The summed E-state index contributed by atoms with van der Waals surface area (Å²) in [4.78, 5) is 87.2. The normalized spacial score (nSPS) is 15.0. The Morgan fingerprint density at radius 3 is 0.786 bits per heavy atom. The molecule has 0 atom stereocenters. The number of hydrogen-bond donors (Lipinski definition) is 7. The van der Waals surface area contributed by atoms with Crippen molar-refractivity contribution in [1.82, 2.24) is 18.5 Å². The summed E-state index contributed by atoms with van der Waals surface area (Å²) in [6, 6.07) is 0. The van der Waals surface area contributed by atoms with Crippen LogP contribution in [0.4, 0.5) is 0 Å². The van der Waals surface area contributed by atoms with E-state index in [4.69, 9.17) is 20.4 Å². The van der Waals surface area contributed by atoms with E-state index in [0.717, 1.165) is 0 Å². The maximum atomic E-state index is 11.2. The Morgan fingerprint density at radius 2 is 0.690 bits per heavy atom. The topological polar surface area (TPSA) is 416 Å². The van der Waals surface area contributed by atoms with Gasteiger partial charge in [0.25, 0.3) is 0 Å². The van der Waals surface area contributed by atoms with Crippen molar-refractivity contribution in [3.63, 3.8) is 0 Å². The molecule has 0 aromatic carbocycles. The van der Waals surface area contributed by atoms with Crippen LogP contribution in [0, 0.1) is 0 Å². The molecule has 2 aliphatic carbocycles. The van der Waals surface area contributed by atoms with E-state index in [2.05, 4.69) is 0 Å². The first-order valence-corrected chi connectivity index (χ1v) is 10.7. The molecule has 2 aliphatic rings. The quantitative estimate of drug-likeness (QED) is 0.0599. The zero-order valence-electron chi connectivity index (χ0n) is 22.4. The van der Waals surface area contributed by atoms with Gasteiger partial charge in [0, 0.05) is 25.7 Å². The van der Waals surface area contributed by atoms with Gasteiger partial charge in [0.15, 0.2) is 24.2 Å².